The highest BCUT2D eigenvalue weighted by Crippen LogP contribution is 2.39. The number of hydrazine groups is 1. The molecule has 0 bridgehead atoms. The van der Waals surface area contributed by atoms with Gasteiger partial charge in [-0.15, -0.1) is 0 Å². The SMILES string of the molecule is Cc1nc(C(F)(F)F)ccc1CN1C(=O)N2C=CC(c3ccc(C#N)cc3)=C(Br)C2N1C. The smallest absolute Gasteiger partial charge is 0.277 e. The molecule has 1 unspecified atom stereocenters. The number of carbonyl (C=O) groups is 1. The number of likely N-dealkylation sites (N-methyl/N-ethyl adjacent to an activating group) is 1. The van der Waals surface area contributed by atoms with Gasteiger partial charge in [-0.3, -0.25) is 9.91 Å². The minimum atomic E-state index is -4.52. The van der Waals surface area contributed by atoms with E-state index in [1.54, 1.807) is 35.3 Å². The van der Waals surface area contributed by atoms with Crippen molar-refractivity contribution in [3.63, 3.8) is 0 Å². The van der Waals surface area contributed by atoms with Gasteiger partial charge in [-0.1, -0.05) is 34.1 Å². The second-order valence-electron chi connectivity index (χ2n) is 7.40. The first-order valence-corrected chi connectivity index (χ1v) is 10.4. The predicted octanol–water partition coefficient (Wildman–Crippen LogP) is 5.02. The summed E-state index contributed by atoms with van der Waals surface area (Å²) < 4.78 is 39.5. The Labute approximate surface area is 190 Å². The summed E-state index contributed by atoms with van der Waals surface area (Å²) in [5.74, 6) is 0. The molecule has 2 amide bonds. The number of aromatic nitrogens is 1. The van der Waals surface area contributed by atoms with Gasteiger partial charge in [0, 0.05) is 23.4 Å². The van der Waals surface area contributed by atoms with Crippen LogP contribution in [0.2, 0.25) is 0 Å². The molecule has 6 nitrogen and oxygen atoms in total. The molecule has 4 rings (SSSR count). The summed E-state index contributed by atoms with van der Waals surface area (Å²) in [5, 5.41) is 12.2. The van der Waals surface area contributed by atoms with Crippen LogP contribution in [0.3, 0.4) is 0 Å². The van der Waals surface area contributed by atoms with Crippen LogP contribution in [-0.2, 0) is 12.7 Å². The van der Waals surface area contributed by atoms with Crippen molar-refractivity contribution in [1.82, 2.24) is 19.9 Å². The van der Waals surface area contributed by atoms with Gasteiger partial charge in [0.25, 0.3) is 0 Å². The maximum absolute atomic E-state index is 13.0. The standard InChI is InChI=1S/C22H17BrF3N5O/c1-13-16(7-8-18(28-13)22(24,25)26)12-31-21(32)30-10-9-17(19(23)20(30)29(31)2)15-5-3-14(11-27)4-6-15/h3-10,20H,12H2,1-2H3. The molecule has 0 saturated carbocycles. The molecule has 1 atom stereocenters. The molecule has 1 fully saturated rings. The number of fused-ring (bicyclic) bond motifs is 1. The number of benzene rings is 1. The number of nitriles is 1. The van der Waals surface area contributed by atoms with E-state index in [0.717, 1.165) is 21.7 Å². The highest BCUT2D eigenvalue weighted by atomic mass is 79.9. The lowest BCUT2D eigenvalue weighted by atomic mass is 10.0. The summed E-state index contributed by atoms with van der Waals surface area (Å²) in [6.07, 6.45) is -1.48. The fourth-order valence-electron chi connectivity index (χ4n) is 3.70. The molecule has 2 aliphatic rings. The molecule has 3 heterocycles. The zero-order valence-corrected chi connectivity index (χ0v) is 18.6. The average Bonchev–Trinajstić information content (AvgIpc) is 3.00. The number of allylic oxidation sites excluding steroid dienone is 2. The van der Waals surface area contributed by atoms with E-state index in [1.165, 1.54) is 18.0 Å². The van der Waals surface area contributed by atoms with Gasteiger partial charge in [0.05, 0.1) is 18.2 Å². The minimum Gasteiger partial charge on any atom is -0.277 e. The molecule has 1 saturated heterocycles. The number of pyridine rings is 1. The number of nitrogens with zero attached hydrogens (tertiary/aromatic N) is 5. The van der Waals surface area contributed by atoms with Crippen LogP contribution >= 0.6 is 15.9 Å². The molecule has 0 spiro atoms. The number of alkyl halides is 3. The van der Waals surface area contributed by atoms with E-state index in [0.29, 0.717) is 11.1 Å². The maximum atomic E-state index is 13.0. The first kappa shape index (κ1) is 22.0. The van der Waals surface area contributed by atoms with E-state index in [-0.39, 0.29) is 18.3 Å². The van der Waals surface area contributed by atoms with Crippen LogP contribution in [-0.4, -0.2) is 39.1 Å². The fourth-order valence-corrected chi connectivity index (χ4v) is 4.58. The van der Waals surface area contributed by atoms with E-state index < -0.39 is 18.0 Å². The third-order valence-corrected chi connectivity index (χ3v) is 6.29. The highest BCUT2D eigenvalue weighted by Gasteiger charge is 2.45. The molecule has 164 valence electrons. The second-order valence-corrected chi connectivity index (χ2v) is 8.25. The minimum absolute atomic E-state index is 0.0830. The van der Waals surface area contributed by atoms with Crippen molar-refractivity contribution in [2.75, 3.05) is 7.05 Å². The van der Waals surface area contributed by atoms with Gasteiger partial charge in [-0.2, -0.15) is 23.4 Å². The third kappa shape index (κ3) is 3.78. The van der Waals surface area contributed by atoms with Gasteiger partial charge in [0.1, 0.15) is 11.9 Å². The molecule has 1 aromatic heterocycles. The molecular weight excluding hydrogens is 487 g/mol. The summed E-state index contributed by atoms with van der Waals surface area (Å²) in [5.41, 5.74) is 2.08. The number of carbonyl (C=O) groups excluding carboxylic acids is 1. The van der Waals surface area contributed by atoms with E-state index in [4.69, 9.17) is 5.26 Å². The van der Waals surface area contributed by atoms with Gasteiger partial charge in [-0.05, 0) is 47.9 Å². The van der Waals surface area contributed by atoms with Crippen molar-refractivity contribution in [1.29, 1.82) is 5.26 Å². The van der Waals surface area contributed by atoms with Crippen molar-refractivity contribution in [2.45, 2.75) is 25.8 Å². The van der Waals surface area contributed by atoms with Crippen molar-refractivity contribution >= 4 is 27.5 Å². The number of rotatable bonds is 3. The molecular formula is C22H17BrF3N5O. The second kappa shape index (κ2) is 8.07. The molecule has 2 aliphatic heterocycles. The van der Waals surface area contributed by atoms with Crippen LogP contribution in [0.4, 0.5) is 18.0 Å². The molecule has 10 heteroatoms. The molecule has 0 N–H and O–H groups in total. The van der Waals surface area contributed by atoms with Crippen molar-refractivity contribution in [2.24, 2.45) is 0 Å². The van der Waals surface area contributed by atoms with Crippen LogP contribution in [0.1, 0.15) is 28.1 Å². The zero-order valence-electron chi connectivity index (χ0n) is 17.1. The van der Waals surface area contributed by atoms with Gasteiger partial charge in [0.15, 0.2) is 0 Å². The molecule has 2 aromatic rings. The first-order chi connectivity index (χ1) is 15.1. The van der Waals surface area contributed by atoms with Crippen LogP contribution in [0, 0.1) is 18.3 Å². The summed E-state index contributed by atoms with van der Waals surface area (Å²) in [6, 6.07) is 11.2. The quantitative estimate of drug-likeness (QED) is 0.589. The Kier molecular flexibility index (Phi) is 5.56. The molecule has 0 radical (unpaired) electrons. The van der Waals surface area contributed by atoms with Gasteiger partial charge < -0.3 is 0 Å². The highest BCUT2D eigenvalue weighted by molar-refractivity contribution is 9.11. The Bertz CT molecular complexity index is 1180. The molecule has 1 aromatic carbocycles. The predicted molar refractivity (Wildman–Crippen MR) is 114 cm³/mol. The molecule has 32 heavy (non-hydrogen) atoms. The fraction of sp³-hybridized carbons (Fsp3) is 0.227. The van der Waals surface area contributed by atoms with E-state index >= 15 is 0 Å². The largest absolute Gasteiger partial charge is 0.433 e. The lowest BCUT2D eigenvalue weighted by Crippen LogP contribution is -2.40. The summed E-state index contributed by atoms with van der Waals surface area (Å²) in [6.45, 7) is 1.58. The van der Waals surface area contributed by atoms with Crippen molar-refractivity contribution < 1.29 is 18.0 Å². The Balaban J connectivity index is 1.61. The van der Waals surface area contributed by atoms with E-state index in [2.05, 4.69) is 27.0 Å². The first-order valence-electron chi connectivity index (χ1n) is 9.56. The monoisotopic (exact) mass is 503 g/mol. The lowest BCUT2D eigenvalue weighted by molar-refractivity contribution is -0.141. The number of urea groups is 1. The number of amides is 2. The number of aryl methyl sites for hydroxylation is 1. The van der Waals surface area contributed by atoms with Crippen LogP contribution in [0.5, 0.6) is 0 Å². The maximum Gasteiger partial charge on any atom is 0.433 e. The van der Waals surface area contributed by atoms with Crippen LogP contribution < -0.4 is 0 Å². The lowest BCUT2D eigenvalue weighted by Gasteiger charge is -2.30. The van der Waals surface area contributed by atoms with E-state index in [1.807, 2.05) is 18.2 Å². The van der Waals surface area contributed by atoms with Crippen molar-refractivity contribution in [3.8, 4) is 6.07 Å². The number of hydrogen-bond acceptors (Lipinski definition) is 4. The van der Waals surface area contributed by atoms with Gasteiger partial charge >= 0.3 is 12.2 Å². The Morgan fingerprint density at radius 3 is 2.47 bits per heavy atom. The Morgan fingerprint density at radius 1 is 1.19 bits per heavy atom. The summed E-state index contributed by atoms with van der Waals surface area (Å²) in [4.78, 5) is 18.2. The molecule has 0 aliphatic carbocycles. The van der Waals surface area contributed by atoms with E-state index in [9.17, 15) is 18.0 Å². The van der Waals surface area contributed by atoms with Gasteiger partial charge in [-0.25, -0.2) is 9.78 Å². The third-order valence-electron chi connectivity index (χ3n) is 5.46. The zero-order chi connectivity index (χ0) is 23.2. The number of halogens is 4. The Hall–Kier alpha value is -3.16. The summed E-state index contributed by atoms with van der Waals surface area (Å²) >= 11 is 3.62. The topological polar surface area (TPSA) is 63.5 Å². The van der Waals surface area contributed by atoms with Crippen LogP contribution in [0.15, 0.2) is 53.2 Å². The average molecular weight is 504 g/mol. The van der Waals surface area contributed by atoms with Gasteiger partial charge in [0.2, 0.25) is 0 Å². The normalized spacial score (nSPS) is 18.9. The Morgan fingerprint density at radius 2 is 1.88 bits per heavy atom. The number of hydrogen-bond donors (Lipinski definition) is 0. The van der Waals surface area contributed by atoms with Crippen molar-refractivity contribution in [3.05, 3.63) is 81.2 Å². The van der Waals surface area contributed by atoms with Crippen LogP contribution in [0.25, 0.3) is 5.57 Å². The summed E-state index contributed by atoms with van der Waals surface area (Å²) in [7, 11) is 1.74.